The van der Waals surface area contributed by atoms with Crippen LogP contribution < -0.4 is 20.7 Å². The Morgan fingerprint density at radius 2 is 1.89 bits per heavy atom. The molecule has 3 amide bonds. The third-order valence-corrected chi connectivity index (χ3v) is 7.37. The number of rotatable bonds is 8. The maximum atomic E-state index is 13.5. The number of hydrogen-bond acceptors (Lipinski definition) is 5. The van der Waals surface area contributed by atoms with Crippen LogP contribution in [0, 0.1) is 23.2 Å². The maximum absolute atomic E-state index is 13.5. The summed E-state index contributed by atoms with van der Waals surface area (Å²) in [5.41, 5.74) is 3.36. The van der Waals surface area contributed by atoms with E-state index in [9.17, 15) is 19.6 Å². The summed E-state index contributed by atoms with van der Waals surface area (Å²) in [6.45, 7) is 0.573. The van der Waals surface area contributed by atoms with Crippen molar-refractivity contribution in [1.82, 2.24) is 20.9 Å². The predicted octanol–water partition coefficient (Wildman–Crippen LogP) is 2.22. The molecule has 2 aliphatic rings. The molecule has 9 nitrogen and oxygen atoms in total. The lowest BCUT2D eigenvalue weighted by molar-refractivity contribution is -0.126. The van der Waals surface area contributed by atoms with Crippen LogP contribution in [0.4, 0.5) is 0 Å². The van der Waals surface area contributed by atoms with E-state index in [-0.39, 0.29) is 24.2 Å². The van der Waals surface area contributed by atoms with Crippen molar-refractivity contribution in [3.8, 4) is 11.8 Å². The summed E-state index contributed by atoms with van der Waals surface area (Å²) in [5, 5.41) is 19.0. The van der Waals surface area contributed by atoms with Gasteiger partial charge in [-0.3, -0.25) is 14.4 Å². The smallest absolute Gasteiger partial charge is 0.268 e. The molecule has 0 radical (unpaired) electrons. The normalized spacial score (nSPS) is 18.5. The molecule has 1 aliphatic carbocycles. The Morgan fingerprint density at radius 3 is 2.54 bits per heavy atom. The van der Waals surface area contributed by atoms with Gasteiger partial charge in [-0.05, 0) is 60.9 Å². The molecule has 5 rings (SSSR count). The molecule has 1 saturated heterocycles. The Kier molecular flexibility index (Phi) is 6.82. The fourth-order valence-electron chi connectivity index (χ4n) is 5.43. The number of aromatic nitrogens is 1. The fourth-order valence-corrected chi connectivity index (χ4v) is 5.43. The highest BCUT2D eigenvalue weighted by atomic mass is 16.5. The van der Waals surface area contributed by atoms with E-state index in [0.29, 0.717) is 37.3 Å². The molecule has 9 heteroatoms. The number of methoxy groups -OCH3 is 1. The Balaban J connectivity index is 1.37. The van der Waals surface area contributed by atoms with Crippen molar-refractivity contribution in [2.45, 2.75) is 37.8 Å². The number of nitrogens with one attached hydrogen (secondary N) is 4. The summed E-state index contributed by atoms with van der Waals surface area (Å²) in [6, 6.07) is 15.6. The minimum absolute atomic E-state index is 0.0974. The van der Waals surface area contributed by atoms with E-state index in [1.165, 1.54) is 0 Å². The number of hydrogen-bond donors (Lipinski definition) is 4. The molecule has 2 heterocycles. The van der Waals surface area contributed by atoms with E-state index in [2.05, 4.69) is 27.0 Å². The average molecular weight is 500 g/mol. The molecule has 0 saturated carbocycles. The fraction of sp³-hybridized carbons (Fsp3) is 0.357. The Bertz CT molecular complexity index is 1370. The van der Waals surface area contributed by atoms with Gasteiger partial charge in [0.2, 0.25) is 11.8 Å². The molecule has 1 aromatic heterocycles. The van der Waals surface area contributed by atoms with Crippen molar-refractivity contribution < 1.29 is 19.1 Å². The first-order valence-electron chi connectivity index (χ1n) is 12.5. The zero-order valence-corrected chi connectivity index (χ0v) is 20.5. The summed E-state index contributed by atoms with van der Waals surface area (Å²) < 4.78 is 5.40. The van der Waals surface area contributed by atoms with Crippen molar-refractivity contribution >= 4 is 28.6 Å². The number of nitriles is 1. The van der Waals surface area contributed by atoms with Crippen LogP contribution in [-0.4, -0.2) is 48.4 Å². The first kappa shape index (κ1) is 24.4. The molecule has 3 atom stereocenters. The summed E-state index contributed by atoms with van der Waals surface area (Å²) in [6.07, 6.45) is 2.14. The molecule has 190 valence electrons. The van der Waals surface area contributed by atoms with E-state index in [1.807, 2.05) is 42.5 Å². The number of aromatic amines is 1. The van der Waals surface area contributed by atoms with E-state index >= 15 is 0 Å². The Labute approximate surface area is 214 Å². The number of amides is 3. The lowest BCUT2D eigenvalue weighted by Gasteiger charge is -2.25. The Morgan fingerprint density at radius 1 is 1.14 bits per heavy atom. The monoisotopic (exact) mass is 499 g/mol. The van der Waals surface area contributed by atoms with Crippen molar-refractivity contribution in [1.29, 1.82) is 5.26 Å². The van der Waals surface area contributed by atoms with E-state index < -0.39 is 23.9 Å². The highest BCUT2D eigenvalue weighted by molar-refractivity contribution is 6.01. The third kappa shape index (κ3) is 5.00. The molecule has 2 aromatic carbocycles. The highest BCUT2D eigenvalue weighted by Gasteiger charge is 2.36. The third-order valence-electron chi connectivity index (χ3n) is 7.37. The number of carbonyl (C=O) groups is 3. The van der Waals surface area contributed by atoms with Crippen LogP contribution in [0.15, 0.2) is 48.5 Å². The molecule has 1 fully saturated rings. The van der Waals surface area contributed by atoms with Crippen LogP contribution in [0.25, 0.3) is 10.9 Å². The first-order chi connectivity index (χ1) is 18.0. The van der Waals surface area contributed by atoms with Gasteiger partial charge in [0.1, 0.15) is 23.5 Å². The minimum Gasteiger partial charge on any atom is -0.496 e. The number of nitrogens with zero attached hydrogens (tertiary/aromatic N) is 1. The molecule has 0 bridgehead atoms. The highest BCUT2D eigenvalue weighted by Crippen LogP contribution is 2.30. The molecule has 0 unspecified atom stereocenters. The topological polar surface area (TPSA) is 136 Å². The van der Waals surface area contributed by atoms with Crippen molar-refractivity contribution in [3.05, 3.63) is 65.4 Å². The maximum Gasteiger partial charge on any atom is 0.268 e. The molecular weight excluding hydrogens is 470 g/mol. The first-order valence-corrected chi connectivity index (χ1v) is 12.5. The van der Waals surface area contributed by atoms with Gasteiger partial charge in [0.25, 0.3) is 5.91 Å². The van der Waals surface area contributed by atoms with Gasteiger partial charge >= 0.3 is 0 Å². The summed E-state index contributed by atoms with van der Waals surface area (Å²) in [5.74, 6) is -0.784. The van der Waals surface area contributed by atoms with Crippen molar-refractivity contribution in [2.24, 2.45) is 11.8 Å². The van der Waals surface area contributed by atoms with Crippen LogP contribution in [0.3, 0.4) is 0 Å². The number of carbonyl (C=O) groups excluding carboxylic acids is 3. The zero-order chi connectivity index (χ0) is 25.9. The van der Waals surface area contributed by atoms with Gasteiger partial charge in [-0.25, -0.2) is 0 Å². The lowest BCUT2D eigenvalue weighted by atomic mass is 9.94. The quantitative estimate of drug-likeness (QED) is 0.377. The minimum atomic E-state index is -0.860. The van der Waals surface area contributed by atoms with Crippen molar-refractivity contribution in [3.63, 3.8) is 0 Å². The zero-order valence-electron chi connectivity index (χ0n) is 20.5. The second kappa shape index (κ2) is 10.3. The summed E-state index contributed by atoms with van der Waals surface area (Å²) in [7, 11) is 1.57. The van der Waals surface area contributed by atoms with E-state index in [4.69, 9.17) is 4.74 Å². The SMILES string of the molecule is COc1cccc2[nH]c(C(=O)N[C@H](C(=O)N[C@H](C#N)C[C@@H]3CCNC3=O)C3Cc4ccccc4C3)cc12. The number of ether oxygens (including phenoxy) is 1. The lowest BCUT2D eigenvalue weighted by Crippen LogP contribution is -2.53. The molecule has 4 N–H and O–H groups in total. The summed E-state index contributed by atoms with van der Waals surface area (Å²) in [4.78, 5) is 42.0. The van der Waals surface area contributed by atoms with Gasteiger partial charge in [0, 0.05) is 23.4 Å². The average Bonchev–Trinajstić information content (AvgIpc) is 3.64. The van der Waals surface area contributed by atoms with Crippen LogP contribution >= 0.6 is 0 Å². The van der Waals surface area contributed by atoms with Gasteiger partial charge in [0.15, 0.2) is 0 Å². The number of fused-ring (bicyclic) bond motifs is 2. The molecule has 1 aliphatic heterocycles. The molecule has 3 aromatic rings. The van der Waals surface area contributed by atoms with Crippen LogP contribution in [-0.2, 0) is 22.4 Å². The van der Waals surface area contributed by atoms with Gasteiger partial charge in [-0.2, -0.15) is 5.26 Å². The number of benzene rings is 2. The van der Waals surface area contributed by atoms with Crippen molar-refractivity contribution in [2.75, 3.05) is 13.7 Å². The molecule has 37 heavy (non-hydrogen) atoms. The van der Waals surface area contributed by atoms with E-state index in [0.717, 1.165) is 22.0 Å². The second-order valence-electron chi connectivity index (χ2n) is 9.70. The van der Waals surface area contributed by atoms with Gasteiger partial charge in [-0.1, -0.05) is 30.3 Å². The largest absolute Gasteiger partial charge is 0.496 e. The predicted molar refractivity (Wildman–Crippen MR) is 137 cm³/mol. The summed E-state index contributed by atoms with van der Waals surface area (Å²) >= 11 is 0. The van der Waals surface area contributed by atoms with Crippen LogP contribution in [0.2, 0.25) is 0 Å². The van der Waals surface area contributed by atoms with Gasteiger partial charge < -0.3 is 25.7 Å². The van der Waals surface area contributed by atoms with E-state index in [1.54, 1.807) is 13.2 Å². The van der Waals surface area contributed by atoms with Crippen LogP contribution in [0.1, 0.15) is 34.5 Å². The molecular formula is C28H29N5O4. The molecule has 0 spiro atoms. The number of H-pyrrole nitrogens is 1. The van der Waals surface area contributed by atoms with Gasteiger partial charge in [0.05, 0.1) is 13.2 Å². The van der Waals surface area contributed by atoms with Crippen LogP contribution in [0.5, 0.6) is 5.75 Å². The Hall–Kier alpha value is -4.32. The standard InChI is InChI=1S/C28H29N5O4/c1-37-24-8-4-7-22-21(24)14-23(32-22)27(35)33-25(19-11-16-5-2-3-6-17(16)12-19)28(36)31-20(15-29)13-18-9-10-30-26(18)34/h2-8,14,18-20,25,32H,9-13H2,1H3,(H,30,34)(H,31,36)(H,33,35)/t18-,20-,25-/m0/s1. The van der Waals surface area contributed by atoms with Gasteiger partial charge in [-0.15, -0.1) is 0 Å². The second-order valence-corrected chi connectivity index (χ2v) is 9.70.